The van der Waals surface area contributed by atoms with Gasteiger partial charge >= 0.3 is 0 Å². The zero-order valence-electron chi connectivity index (χ0n) is 10.1. The first-order valence-electron chi connectivity index (χ1n) is 6.57. The van der Waals surface area contributed by atoms with Gasteiger partial charge in [-0.2, -0.15) is 0 Å². The summed E-state index contributed by atoms with van der Waals surface area (Å²) in [7, 11) is 0. The molecule has 0 bridgehead atoms. The van der Waals surface area contributed by atoms with E-state index in [4.69, 9.17) is 0 Å². The molecule has 2 aromatic rings. The highest BCUT2D eigenvalue weighted by atomic mass is 14.2. The molecule has 1 atom stereocenters. The molecule has 0 aromatic heterocycles. The molecule has 0 radical (unpaired) electrons. The van der Waals surface area contributed by atoms with E-state index in [9.17, 15) is 0 Å². The van der Waals surface area contributed by atoms with Gasteiger partial charge in [0.15, 0.2) is 0 Å². The first kappa shape index (κ1) is 10.6. The molecule has 0 saturated heterocycles. The highest BCUT2D eigenvalue weighted by Gasteiger charge is 2.10. The molecule has 0 N–H and O–H groups in total. The Morgan fingerprint density at radius 1 is 1.00 bits per heavy atom. The topological polar surface area (TPSA) is 0 Å². The fourth-order valence-corrected chi connectivity index (χ4v) is 2.81. The van der Waals surface area contributed by atoms with Crippen molar-refractivity contribution in [2.24, 2.45) is 5.92 Å². The van der Waals surface area contributed by atoms with Gasteiger partial charge in [0.2, 0.25) is 0 Å². The Hall–Kier alpha value is -1.56. The van der Waals surface area contributed by atoms with Crippen LogP contribution in [0.4, 0.5) is 0 Å². The van der Waals surface area contributed by atoms with Gasteiger partial charge in [0.05, 0.1) is 0 Å². The fourth-order valence-electron chi connectivity index (χ4n) is 2.81. The predicted octanol–water partition coefficient (Wildman–Crippen LogP) is 4.74. The van der Waals surface area contributed by atoms with Gasteiger partial charge in [-0.15, -0.1) is 0 Å². The molecule has 1 aliphatic rings. The second kappa shape index (κ2) is 4.75. The van der Waals surface area contributed by atoms with Crippen molar-refractivity contribution in [1.29, 1.82) is 0 Å². The van der Waals surface area contributed by atoms with Gasteiger partial charge < -0.3 is 0 Å². The van der Waals surface area contributed by atoms with E-state index in [1.807, 2.05) is 0 Å². The van der Waals surface area contributed by atoms with Crippen LogP contribution >= 0.6 is 0 Å². The Balaban J connectivity index is 1.94. The highest BCUT2D eigenvalue weighted by Crippen LogP contribution is 2.25. The molecular weight excluding hydrogens is 204 g/mol. The van der Waals surface area contributed by atoms with Gasteiger partial charge in [0, 0.05) is 0 Å². The molecule has 0 aliphatic heterocycles. The van der Waals surface area contributed by atoms with Crippen LogP contribution in [0.2, 0.25) is 0 Å². The zero-order chi connectivity index (χ0) is 11.5. The summed E-state index contributed by atoms with van der Waals surface area (Å²) in [6.07, 6.45) is 9.92. The maximum absolute atomic E-state index is 2.41. The molecule has 0 heteroatoms. The van der Waals surface area contributed by atoms with Gasteiger partial charge in [-0.1, -0.05) is 54.6 Å². The zero-order valence-corrected chi connectivity index (χ0v) is 10.1. The standard InChI is InChI=1S/C17H18/c1-2-7-14(8-3-1)13-16-11-6-10-15-9-4-5-12-17(15)16/h2,4-7,9-12,14H,1,3,8,13H2. The van der Waals surface area contributed by atoms with Crippen LogP contribution < -0.4 is 0 Å². The van der Waals surface area contributed by atoms with Crippen molar-refractivity contribution in [2.45, 2.75) is 25.7 Å². The minimum atomic E-state index is 0.745. The molecular formula is C17H18. The minimum Gasteiger partial charge on any atom is -0.0882 e. The first-order valence-corrected chi connectivity index (χ1v) is 6.57. The van der Waals surface area contributed by atoms with Gasteiger partial charge in [0.25, 0.3) is 0 Å². The Labute approximate surface area is 103 Å². The quantitative estimate of drug-likeness (QED) is 0.644. The van der Waals surface area contributed by atoms with Crippen molar-refractivity contribution in [3.8, 4) is 0 Å². The molecule has 0 fully saturated rings. The third-order valence-electron chi connectivity index (χ3n) is 3.72. The summed E-state index contributed by atoms with van der Waals surface area (Å²) in [6.45, 7) is 0. The van der Waals surface area contributed by atoms with Crippen molar-refractivity contribution in [1.82, 2.24) is 0 Å². The largest absolute Gasteiger partial charge is 0.0882 e. The van der Waals surface area contributed by atoms with E-state index < -0.39 is 0 Å². The summed E-state index contributed by atoms with van der Waals surface area (Å²) < 4.78 is 0. The molecule has 0 amide bonds. The van der Waals surface area contributed by atoms with Crippen LogP contribution in [0.25, 0.3) is 10.8 Å². The van der Waals surface area contributed by atoms with Crippen LogP contribution in [0, 0.1) is 5.92 Å². The molecule has 2 aromatic carbocycles. The summed E-state index contributed by atoms with van der Waals surface area (Å²) in [4.78, 5) is 0. The van der Waals surface area contributed by atoms with E-state index in [1.165, 1.54) is 42.0 Å². The predicted molar refractivity (Wildman–Crippen MR) is 74.1 cm³/mol. The van der Waals surface area contributed by atoms with Crippen molar-refractivity contribution in [3.63, 3.8) is 0 Å². The summed E-state index contributed by atoms with van der Waals surface area (Å²) in [5.41, 5.74) is 1.50. The maximum atomic E-state index is 2.41. The van der Waals surface area contributed by atoms with Crippen molar-refractivity contribution in [3.05, 3.63) is 60.2 Å². The van der Waals surface area contributed by atoms with Crippen LogP contribution in [0.3, 0.4) is 0 Å². The van der Waals surface area contributed by atoms with Crippen LogP contribution in [0.15, 0.2) is 54.6 Å². The Kier molecular flexibility index (Phi) is 2.96. The minimum absolute atomic E-state index is 0.745. The second-order valence-electron chi connectivity index (χ2n) is 4.96. The molecule has 17 heavy (non-hydrogen) atoms. The summed E-state index contributed by atoms with van der Waals surface area (Å²) in [6, 6.07) is 15.4. The van der Waals surface area contributed by atoms with E-state index >= 15 is 0 Å². The number of hydrogen-bond donors (Lipinski definition) is 0. The molecule has 3 rings (SSSR count). The lowest BCUT2D eigenvalue weighted by Gasteiger charge is -2.17. The number of allylic oxidation sites excluding steroid dienone is 2. The lowest BCUT2D eigenvalue weighted by Crippen LogP contribution is -2.04. The average Bonchev–Trinajstić information content (AvgIpc) is 2.40. The molecule has 86 valence electrons. The van der Waals surface area contributed by atoms with E-state index in [1.54, 1.807) is 0 Å². The summed E-state index contributed by atoms with van der Waals surface area (Å²) in [5, 5.41) is 2.79. The van der Waals surface area contributed by atoms with Gasteiger partial charge in [-0.3, -0.25) is 0 Å². The van der Waals surface area contributed by atoms with E-state index in [0.29, 0.717) is 0 Å². The Morgan fingerprint density at radius 3 is 2.76 bits per heavy atom. The van der Waals surface area contributed by atoms with E-state index in [0.717, 1.165) is 5.92 Å². The van der Waals surface area contributed by atoms with Crippen LogP contribution in [0.1, 0.15) is 24.8 Å². The lowest BCUT2D eigenvalue weighted by molar-refractivity contribution is 0.540. The maximum Gasteiger partial charge on any atom is -0.0152 e. The Bertz CT molecular complexity index is 531. The summed E-state index contributed by atoms with van der Waals surface area (Å²) in [5.74, 6) is 0.745. The number of fused-ring (bicyclic) bond motifs is 1. The molecule has 0 saturated carbocycles. The average molecular weight is 222 g/mol. The molecule has 0 nitrogen and oxygen atoms in total. The van der Waals surface area contributed by atoms with Crippen LogP contribution in [-0.2, 0) is 6.42 Å². The number of benzene rings is 2. The normalized spacial score (nSPS) is 19.6. The smallest absolute Gasteiger partial charge is 0.0152 e. The first-order chi connectivity index (χ1) is 8.43. The third-order valence-corrected chi connectivity index (χ3v) is 3.72. The molecule has 1 unspecified atom stereocenters. The molecule has 1 aliphatic carbocycles. The highest BCUT2D eigenvalue weighted by molar-refractivity contribution is 5.85. The van der Waals surface area contributed by atoms with Gasteiger partial charge in [0.1, 0.15) is 0 Å². The lowest BCUT2D eigenvalue weighted by atomic mass is 9.88. The fraction of sp³-hybridized carbons (Fsp3) is 0.294. The monoisotopic (exact) mass is 222 g/mol. The van der Waals surface area contributed by atoms with Crippen LogP contribution in [0.5, 0.6) is 0 Å². The number of hydrogen-bond acceptors (Lipinski definition) is 0. The van der Waals surface area contributed by atoms with Crippen molar-refractivity contribution < 1.29 is 0 Å². The van der Waals surface area contributed by atoms with E-state index in [2.05, 4.69) is 54.6 Å². The van der Waals surface area contributed by atoms with Gasteiger partial charge in [-0.05, 0) is 47.9 Å². The van der Waals surface area contributed by atoms with Gasteiger partial charge in [-0.25, -0.2) is 0 Å². The van der Waals surface area contributed by atoms with Crippen molar-refractivity contribution in [2.75, 3.05) is 0 Å². The SMILES string of the molecule is C1=CC(Cc2cccc3ccccc23)CCC1. The second-order valence-corrected chi connectivity index (χ2v) is 4.96. The van der Waals surface area contributed by atoms with Crippen LogP contribution in [-0.4, -0.2) is 0 Å². The van der Waals surface area contributed by atoms with E-state index in [-0.39, 0.29) is 0 Å². The summed E-state index contributed by atoms with van der Waals surface area (Å²) >= 11 is 0. The van der Waals surface area contributed by atoms with Crippen molar-refractivity contribution >= 4 is 10.8 Å². The molecule has 0 heterocycles. The molecule has 0 spiro atoms. The third kappa shape index (κ3) is 2.26. The number of rotatable bonds is 2. The Morgan fingerprint density at radius 2 is 1.88 bits per heavy atom.